The summed E-state index contributed by atoms with van der Waals surface area (Å²) in [7, 11) is 0. The first-order valence-corrected chi connectivity index (χ1v) is 24.5. The minimum absolute atomic E-state index is 0.102. The molecule has 0 atom stereocenters. The van der Waals surface area contributed by atoms with Crippen LogP contribution in [0.15, 0.2) is 0 Å². The number of nitrogens with zero attached hydrogens (tertiary/aromatic N) is 12. The quantitative estimate of drug-likeness (QED) is 0.142. The molecule has 0 bridgehead atoms. The van der Waals surface area contributed by atoms with E-state index in [1.54, 1.807) is 11.3 Å². The van der Waals surface area contributed by atoms with Crippen molar-refractivity contribution in [3.8, 4) is 0 Å². The van der Waals surface area contributed by atoms with Gasteiger partial charge in [-0.15, -0.1) is 31.7 Å². The Morgan fingerprint density at radius 3 is 1.13 bits per heavy atom. The fraction of sp³-hybridized carbons (Fsp3) is 0.714. The fourth-order valence-electron chi connectivity index (χ4n) is 4.54. The highest BCUT2D eigenvalue weighted by molar-refractivity contribution is 7.11. The van der Waals surface area contributed by atoms with Crippen molar-refractivity contribution in [1.29, 1.82) is 0 Å². The molecule has 0 aliphatic rings. The lowest BCUT2D eigenvalue weighted by atomic mass is 9.91. The molecule has 0 saturated heterocycles. The van der Waals surface area contributed by atoms with E-state index >= 15 is 0 Å². The van der Waals surface area contributed by atoms with E-state index in [4.69, 9.17) is 0 Å². The van der Waals surface area contributed by atoms with Gasteiger partial charge in [-0.25, -0.2) is 9.97 Å². The molecule has 0 aliphatic heterocycles. The van der Waals surface area contributed by atoms with Crippen LogP contribution < -0.4 is 0 Å². The summed E-state index contributed by atoms with van der Waals surface area (Å²) in [6.45, 7) is 50.6. The van der Waals surface area contributed by atoms with Crippen molar-refractivity contribution in [3.05, 3.63) is 64.2 Å². The standard InChI is InChI=1S/6C7H12N2S/c1-5-8-9-6(10-5)7(2,3)4;1-5-8-6(9-10-5)7(2,3)4;1-5-8-6(10-9-5)7(2,3)4;1-5-6(7(2,3)4)8-9-10-5;1-5-6(7(2,3)4)10-9-8-5;1-5-6(7(2,3)4)9-10-8-5/h6*1-4H3. The minimum Gasteiger partial charge on any atom is -0.224 e. The van der Waals surface area contributed by atoms with Crippen LogP contribution in [0.2, 0.25) is 0 Å². The van der Waals surface area contributed by atoms with E-state index in [1.807, 2.05) is 34.6 Å². The van der Waals surface area contributed by atoms with Crippen LogP contribution in [0.1, 0.15) is 189 Å². The van der Waals surface area contributed by atoms with Crippen LogP contribution in [-0.4, -0.2) is 56.8 Å². The predicted octanol–water partition coefficient (Wildman–Crippen LogP) is 12.9. The maximum atomic E-state index is 4.29. The molecule has 0 unspecified atom stereocenters. The van der Waals surface area contributed by atoms with Gasteiger partial charge in [0, 0.05) is 32.0 Å². The zero-order chi connectivity index (χ0) is 46.7. The van der Waals surface area contributed by atoms with Gasteiger partial charge in [0.2, 0.25) is 0 Å². The monoisotopic (exact) mass is 936 g/mol. The summed E-state index contributed by atoms with van der Waals surface area (Å²) in [6, 6.07) is 0. The maximum absolute atomic E-state index is 4.29. The van der Waals surface area contributed by atoms with E-state index in [0.717, 1.165) is 54.5 Å². The highest BCUT2D eigenvalue weighted by atomic mass is 32.1. The summed E-state index contributed by atoms with van der Waals surface area (Å²) >= 11 is 8.90. The molecule has 0 aromatic carbocycles. The third kappa shape index (κ3) is 20.0. The second-order valence-corrected chi connectivity index (χ2v) is 25.6. The van der Waals surface area contributed by atoms with Crippen molar-refractivity contribution in [3.63, 3.8) is 0 Å². The zero-order valence-electron chi connectivity index (χ0n) is 40.8. The van der Waals surface area contributed by atoms with Gasteiger partial charge in [-0.1, -0.05) is 134 Å². The van der Waals surface area contributed by atoms with Crippen LogP contribution in [0.4, 0.5) is 0 Å². The molecule has 6 aromatic rings. The SMILES string of the molecule is Cc1nc(C(C)(C)C)ns1.Cc1nnc(C(C)(C)C)s1.Cc1nnsc1C(C)(C)C.Cc1nsc(C(C)(C)C)n1.Cc1nsnc1C(C)(C)C.Cc1snnc1C(C)(C)C. The van der Waals surface area contributed by atoms with E-state index in [9.17, 15) is 0 Å². The summed E-state index contributed by atoms with van der Waals surface area (Å²) in [4.78, 5) is 11.1. The molecule has 18 heteroatoms. The van der Waals surface area contributed by atoms with Crippen molar-refractivity contribution in [2.24, 2.45) is 0 Å². The molecule has 6 heterocycles. The first-order chi connectivity index (χ1) is 27.0. The lowest BCUT2D eigenvalue weighted by molar-refractivity contribution is 0.553. The van der Waals surface area contributed by atoms with Crippen LogP contribution in [0.25, 0.3) is 0 Å². The fourth-order valence-corrected chi connectivity index (χ4v) is 8.77. The van der Waals surface area contributed by atoms with Gasteiger partial charge in [0.15, 0.2) is 0 Å². The highest BCUT2D eigenvalue weighted by Gasteiger charge is 2.22. The summed E-state index contributed by atoms with van der Waals surface area (Å²) < 4.78 is 24.4. The van der Waals surface area contributed by atoms with E-state index < -0.39 is 0 Å². The Morgan fingerprint density at radius 1 is 0.383 bits per heavy atom. The van der Waals surface area contributed by atoms with Gasteiger partial charge in [0.25, 0.3) is 0 Å². The second kappa shape index (κ2) is 22.6. The first kappa shape index (κ1) is 55.4. The lowest BCUT2D eigenvalue weighted by Gasteiger charge is -2.14. The van der Waals surface area contributed by atoms with Gasteiger partial charge >= 0.3 is 0 Å². The zero-order valence-corrected chi connectivity index (χ0v) is 45.7. The molecule has 12 nitrogen and oxygen atoms in total. The Bertz CT molecular complexity index is 1870. The largest absolute Gasteiger partial charge is 0.224 e. The molecule has 0 aliphatic carbocycles. The molecule has 336 valence electrons. The minimum atomic E-state index is 0.102. The molecular weight excluding hydrogens is 865 g/mol. The smallest absolute Gasteiger partial charge is 0.147 e. The van der Waals surface area contributed by atoms with Crippen LogP contribution >= 0.6 is 69.2 Å². The Morgan fingerprint density at radius 2 is 0.933 bits per heavy atom. The molecule has 60 heavy (non-hydrogen) atoms. The van der Waals surface area contributed by atoms with Crippen molar-refractivity contribution in [2.75, 3.05) is 0 Å². The van der Waals surface area contributed by atoms with Crippen molar-refractivity contribution < 1.29 is 0 Å². The van der Waals surface area contributed by atoms with Gasteiger partial charge in [-0.05, 0) is 93.1 Å². The summed E-state index contributed by atoms with van der Waals surface area (Å²) in [6.07, 6.45) is 0. The Hall–Kier alpha value is -2.64. The van der Waals surface area contributed by atoms with E-state index in [2.05, 4.69) is 188 Å². The van der Waals surface area contributed by atoms with Gasteiger partial charge < -0.3 is 0 Å². The first-order valence-electron chi connectivity index (χ1n) is 19.9. The third-order valence-corrected chi connectivity index (χ3v) is 13.2. The lowest BCUT2D eigenvalue weighted by Crippen LogP contribution is -2.12. The molecular formula is C42H72N12S6. The number of hydrogen-bond acceptors (Lipinski definition) is 18. The third-order valence-electron chi connectivity index (χ3n) is 7.59. The van der Waals surface area contributed by atoms with Crippen molar-refractivity contribution in [2.45, 2.75) is 199 Å². The summed E-state index contributed by atoms with van der Waals surface area (Å²) in [5.41, 5.74) is 5.31. The molecule has 6 aromatic heterocycles. The molecule has 0 amide bonds. The molecule has 6 rings (SSSR count). The average molecular weight is 938 g/mol. The van der Waals surface area contributed by atoms with Crippen LogP contribution in [-0.2, 0) is 32.5 Å². The highest BCUT2D eigenvalue weighted by Crippen LogP contribution is 2.28. The van der Waals surface area contributed by atoms with Crippen molar-refractivity contribution >= 4 is 69.2 Å². The maximum Gasteiger partial charge on any atom is 0.147 e. The second-order valence-electron chi connectivity index (χ2n) is 20.5. The molecule has 0 spiro atoms. The Labute approximate surface area is 386 Å². The van der Waals surface area contributed by atoms with Crippen LogP contribution in [0.3, 0.4) is 0 Å². The van der Waals surface area contributed by atoms with E-state index in [0.29, 0.717) is 0 Å². The van der Waals surface area contributed by atoms with Gasteiger partial charge in [0.05, 0.1) is 39.4 Å². The molecule has 0 radical (unpaired) electrons. The number of rotatable bonds is 0. The average Bonchev–Trinajstić information content (AvgIpc) is 3.90. The van der Waals surface area contributed by atoms with Gasteiger partial charge in [0.1, 0.15) is 31.7 Å². The molecule has 0 saturated carbocycles. The van der Waals surface area contributed by atoms with Gasteiger partial charge in [-0.3, -0.25) is 0 Å². The summed E-state index contributed by atoms with van der Waals surface area (Å²) in [5.74, 6) is 1.84. The normalized spacial score (nSPS) is 12.0. The molecule has 0 N–H and O–H groups in total. The topological polar surface area (TPSA) is 155 Å². The number of aromatic nitrogens is 12. The summed E-state index contributed by atoms with van der Waals surface area (Å²) in [5, 5.41) is 20.3. The van der Waals surface area contributed by atoms with E-state index in [1.165, 1.54) is 67.6 Å². The Kier molecular flexibility index (Phi) is 20.9. The van der Waals surface area contributed by atoms with Crippen LogP contribution in [0, 0.1) is 41.5 Å². The number of aryl methyl sites for hydroxylation is 6. The van der Waals surface area contributed by atoms with Crippen molar-refractivity contribution in [1.82, 2.24) is 56.8 Å². The van der Waals surface area contributed by atoms with Crippen LogP contribution in [0.5, 0.6) is 0 Å². The predicted molar refractivity (Wildman–Crippen MR) is 260 cm³/mol. The van der Waals surface area contributed by atoms with Gasteiger partial charge in [-0.2, -0.15) is 17.5 Å². The number of hydrogen-bond donors (Lipinski definition) is 0. The van der Waals surface area contributed by atoms with E-state index in [-0.39, 0.29) is 32.5 Å². The molecule has 0 fully saturated rings. The Balaban J connectivity index is 0.000000360.